The quantitative estimate of drug-likeness (QED) is 0.821. The van der Waals surface area contributed by atoms with Gasteiger partial charge in [0.1, 0.15) is 11.6 Å². The molecule has 0 radical (unpaired) electrons. The lowest BCUT2D eigenvalue weighted by atomic mass is 9.88. The molecule has 1 saturated heterocycles. The Bertz CT molecular complexity index is 747. The first-order chi connectivity index (χ1) is 12.6. The molecule has 0 N–H and O–H groups in total. The summed E-state index contributed by atoms with van der Waals surface area (Å²) >= 11 is 0. The minimum absolute atomic E-state index is 0.0850. The molecule has 1 heterocycles. The first kappa shape index (κ1) is 18.4. The van der Waals surface area contributed by atoms with Crippen molar-refractivity contribution in [2.24, 2.45) is 5.92 Å². The van der Waals surface area contributed by atoms with Gasteiger partial charge >= 0.3 is 0 Å². The fourth-order valence-corrected chi connectivity index (χ4v) is 3.57. The van der Waals surface area contributed by atoms with Gasteiger partial charge in [-0.05, 0) is 42.7 Å². The van der Waals surface area contributed by atoms with E-state index >= 15 is 0 Å². The normalized spacial score (nSPS) is 20.0. The summed E-state index contributed by atoms with van der Waals surface area (Å²) in [7, 11) is 3.35. The van der Waals surface area contributed by atoms with Gasteiger partial charge in [0.2, 0.25) is 0 Å². The van der Waals surface area contributed by atoms with E-state index in [4.69, 9.17) is 9.47 Å². The number of methoxy groups -OCH3 is 2. The standard InChI is InChI=1S/C21H24FNO3/c1-25-17-9-7-15(8-10-17)13-16-14-23(12-11-20(16)26-2)21(24)18-5-3-4-6-19(18)22/h3-10,16,20H,11-14H2,1-2H3/t16-,20-/m1/s1. The highest BCUT2D eigenvalue weighted by Crippen LogP contribution is 2.26. The van der Waals surface area contributed by atoms with Crippen LogP contribution in [0.15, 0.2) is 48.5 Å². The van der Waals surface area contributed by atoms with Gasteiger partial charge in [0.25, 0.3) is 5.91 Å². The molecule has 4 nitrogen and oxygen atoms in total. The van der Waals surface area contributed by atoms with E-state index in [9.17, 15) is 9.18 Å². The van der Waals surface area contributed by atoms with E-state index < -0.39 is 5.82 Å². The maximum absolute atomic E-state index is 14.0. The van der Waals surface area contributed by atoms with Crippen LogP contribution in [0.1, 0.15) is 22.3 Å². The molecule has 1 aliphatic rings. The summed E-state index contributed by atoms with van der Waals surface area (Å²) in [6, 6.07) is 14.1. The van der Waals surface area contributed by atoms with Crippen LogP contribution in [0.2, 0.25) is 0 Å². The second-order valence-corrected chi connectivity index (χ2v) is 6.61. The van der Waals surface area contributed by atoms with Crippen LogP contribution in [-0.2, 0) is 11.2 Å². The van der Waals surface area contributed by atoms with E-state index in [-0.39, 0.29) is 23.5 Å². The number of rotatable bonds is 5. The fourth-order valence-electron chi connectivity index (χ4n) is 3.57. The number of likely N-dealkylation sites (tertiary alicyclic amines) is 1. The van der Waals surface area contributed by atoms with Crippen molar-refractivity contribution in [3.8, 4) is 5.75 Å². The van der Waals surface area contributed by atoms with Gasteiger partial charge in [0.05, 0.1) is 18.8 Å². The van der Waals surface area contributed by atoms with E-state index in [2.05, 4.69) is 0 Å². The SMILES string of the molecule is COc1ccc(C[C@@H]2CN(C(=O)c3ccccc3F)CC[C@H]2OC)cc1. The number of hydrogen-bond donors (Lipinski definition) is 0. The first-order valence-electron chi connectivity index (χ1n) is 8.82. The van der Waals surface area contributed by atoms with E-state index in [0.717, 1.165) is 24.2 Å². The number of halogens is 1. The van der Waals surface area contributed by atoms with Crippen molar-refractivity contribution in [3.63, 3.8) is 0 Å². The Morgan fingerprint density at radius 3 is 2.54 bits per heavy atom. The van der Waals surface area contributed by atoms with E-state index in [0.29, 0.717) is 13.1 Å². The predicted octanol–water partition coefficient (Wildman–Crippen LogP) is 3.55. The maximum atomic E-state index is 14.0. The second-order valence-electron chi connectivity index (χ2n) is 6.61. The Morgan fingerprint density at radius 1 is 1.15 bits per heavy atom. The molecule has 0 saturated carbocycles. The topological polar surface area (TPSA) is 38.8 Å². The van der Waals surface area contributed by atoms with Gasteiger partial charge in [-0.15, -0.1) is 0 Å². The Kier molecular flexibility index (Phi) is 5.89. The summed E-state index contributed by atoms with van der Waals surface area (Å²) < 4.78 is 24.8. The van der Waals surface area contributed by atoms with Crippen molar-refractivity contribution in [2.75, 3.05) is 27.3 Å². The molecular formula is C21H24FNO3. The van der Waals surface area contributed by atoms with Crippen LogP contribution >= 0.6 is 0 Å². The Labute approximate surface area is 153 Å². The van der Waals surface area contributed by atoms with Gasteiger partial charge in [-0.2, -0.15) is 0 Å². The van der Waals surface area contributed by atoms with Crippen molar-refractivity contribution in [3.05, 3.63) is 65.5 Å². The maximum Gasteiger partial charge on any atom is 0.256 e. The molecular weight excluding hydrogens is 333 g/mol. The van der Waals surface area contributed by atoms with Crippen molar-refractivity contribution < 1.29 is 18.7 Å². The van der Waals surface area contributed by atoms with Crippen LogP contribution in [0.3, 0.4) is 0 Å². The average molecular weight is 357 g/mol. The van der Waals surface area contributed by atoms with Crippen molar-refractivity contribution in [1.29, 1.82) is 0 Å². The van der Waals surface area contributed by atoms with Crippen LogP contribution in [0.5, 0.6) is 5.75 Å². The minimum Gasteiger partial charge on any atom is -0.497 e. The number of piperidine rings is 1. The largest absolute Gasteiger partial charge is 0.497 e. The molecule has 138 valence electrons. The predicted molar refractivity (Wildman–Crippen MR) is 97.9 cm³/mol. The molecule has 1 fully saturated rings. The fraction of sp³-hybridized carbons (Fsp3) is 0.381. The van der Waals surface area contributed by atoms with Gasteiger partial charge in [-0.3, -0.25) is 4.79 Å². The zero-order valence-electron chi connectivity index (χ0n) is 15.2. The summed E-state index contributed by atoms with van der Waals surface area (Å²) in [4.78, 5) is 14.5. The molecule has 3 rings (SSSR count). The van der Waals surface area contributed by atoms with E-state index in [1.807, 2.05) is 24.3 Å². The highest BCUT2D eigenvalue weighted by atomic mass is 19.1. The third kappa shape index (κ3) is 4.05. The molecule has 5 heteroatoms. The average Bonchev–Trinajstić information content (AvgIpc) is 2.68. The molecule has 1 amide bonds. The molecule has 2 aromatic rings. The first-order valence-corrected chi connectivity index (χ1v) is 8.82. The monoisotopic (exact) mass is 357 g/mol. The van der Waals surface area contributed by atoms with Gasteiger partial charge in [-0.25, -0.2) is 4.39 Å². The number of hydrogen-bond acceptors (Lipinski definition) is 3. The number of amides is 1. The lowest BCUT2D eigenvalue weighted by Gasteiger charge is -2.38. The van der Waals surface area contributed by atoms with Crippen LogP contribution in [0, 0.1) is 11.7 Å². The number of benzene rings is 2. The molecule has 0 unspecified atom stereocenters. The number of nitrogens with zero attached hydrogens (tertiary/aromatic N) is 1. The molecule has 1 aliphatic heterocycles. The summed E-state index contributed by atoms with van der Waals surface area (Å²) in [5.74, 6) is 0.255. The molecule has 0 aromatic heterocycles. The van der Waals surface area contributed by atoms with Crippen LogP contribution < -0.4 is 4.74 Å². The minimum atomic E-state index is -0.474. The Balaban J connectivity index is 1.73. The van der Waals surface area contributed by atoms with Crippen molar-refractivity contribution in [2.45, 2.75) is 18.9 Å². The molecule has 0 spiro atoms. The molecule has 2 aromatic carbocycles. The summed E-state index contributed by atoms with van der Waals surface area (Å²) in [5.41, 5.74) is 1.30. The zero-order chi connectivity index (χ0) is 18.5. The summed E-state index contributed by atoms with van der Waals surface area (Å²) in [6.07, 6.45) is 1.63. The summed E-state index contributed by atoms with van der Waals surface area (Å²) in [6.45, 7) is 1.13. The zero-order valence-corrected chi connectivity index (χ0v) is 15.2. The molecule has 26 heavy (non-hydrogen) atoms. The van der Waals surface area contributed by atoms with Crippen LogP contribution in [0.25, 0.3) is 0 Å². The molecule has 0 bridgehead atoms. The lowest BCUT2D eigenvalue weighted by Crippen LogP contribution is -2.47. The number of ether oxygens (including phenoxy) is 2. The summed E-state index contributed by atoms with van der Waals surface area (Å²) in [5, 5.41) is 0. The third-order valence-corrected chi connectivity index (χ3v) is 5.02. The second kappa shape index (κ2) is 8.32. The molecule has 2 atom stereocenters. The van der Waals surface area contributed by atoms with Gasteiger partial charge in [0, 0.05) is 26.1 Å². The van der Waals surface area contributed by atoms with Crippen molar-refractivity contribution in [1.82, 2.24) is 4.90 Å². The van der Waals surface area contributed by atoms with E-state index in [1.54, 1.807) is 37.3 Å². The van der Waals surface area contributed by atoms with E-state index in [1.165, 1.54) is 6.07 Å². The number of carbonyl (C=O) groups is 1. The van der Waals surface area contributed by atoms with Gasteiger partial charge in [-0.1, -0.05) is 24.3 Å². The smallest absolute Gasteiger partial charge is 0.256 e. The highest BCUT2D eigenvalue weighted by Gasteiger charge is 2.32. The number of carbonyl (C=O) groups excluding carboxylic acids is 1. The Hall–Kier alpha value is -2.40. The lowest BCUT2D eigenvalue weighted by molar-refractivity contribution is -0.00312. The van der Waals surface area contributed by atoms with Gasteiger partial charge in [0.15, 0.2) is 0 Å². The highest BCUT2D eigenvalue weighted by molar-refractivity contribution is 5.94. The Morgan fingerprint density at radius 2 is 1.88 bits per heavy atom. The molecule has 0 aliphatic carbocycles. The van der Waals surface area contributed by atoms with Crippen molar-refractivity contribution >= 4 is 5.91 Å². The van der Waals surface area contributed by atoms with Crippen LogP contribution in [0.4, 0.5) is 4.39 Å². The van der Waals surface area contributed by atoms with Crippen LogP contribution in [-0.4, -0.2) is 44.2 Å². The third-order valence-electron chi connectivity index (χ3n) is 5.02. The van der Waals surface area contributed by atoms with Gasteiger partial charge < -0.3 is 14.4 Å².